The number of carbonyl (C=O) groups is 1. The Bertz CT molecular complexity index is 826. The number of benzene rings is 2. The SMILES string of the molecule is CSc1cc2c(cc1NC(=O)C1CC1c1ccccc1Cl)OCCO2. The zero-order valence-corrected chi connectivity index (χ0v) is 15.3. The summed E-state index contributed by atoms with van der Waals surface area (Å²) in [6.07, 6.45) is 2.81. The Hall–Kier alpha value is -1.85. The lowest BCUT2D eigenvalue weighted by atomic mass is 10.1. The van der Waals surface area contributed by atoms with Gasteiger partial charge in [-0.15, -0.1) is 11.8 Å². The molecule has 1 saturated carbocycles. The first-order valence-electron chi connectivity index (χ1n) is 8.20. The predicted octanol–water partition coefficient (Wildman–Crippen LogP) is 4.58. The van der Waals surface area contributed by atoms with Crippen LogP contribution in [0, 0.1) is 5.92 Å². The van der Waals surface area contributed by atoms with E-state index in [-0.39, 0.29) is 17.7 Å². The molecule has 0 radical (unpaired) electrons. The van der Waals surface area contributed by atoms with E-state index in [4.69, 9.17) is 21.1 Å². The van der Waals surface area contributed by atoms with Gasteiger partial charge in [0.2, 0.25) is 5.91 Å². The van der Waals surface area contributed by atoms with Gasteiger partial charge in [-0.1, -0.05) is 29.8 Å². The third-order valence-corrected chi connectivity index (χ3v) is 5.68. The van der Waals surface area contributed by atoms with Gasteiger partial charge in [-0.05, 0) is 36.3 Å². The van der Waals surface area contributed by atoms with Crippen LogP contribution in [-0.2, 0) is 4.79 Å². The third-order valence-electron chi connectivity index (χ3n) is 4.55. The van der Waals surface area contributed by atoms with Crippen molar-refractivity contribution in [3.63, 3.8) is 0 Å². The Morgan fingerprint density at radius 3 is 2.64 bits per heavy atom. The van der Waals surface area contributed by atoms with E-state index in [0.717, 1.165) is 33.3 Å². The molecule has 1 aliphatic carbocycles. The zero-order chi connectivity index (χ0) is 17.4. The van der Waals surface area contributed by atoms with Gasteiger partial charge >= 0.3 is 0 Å². The van der Waals surface area contributed by atoms with E-state index < -0.39 is 0 Å². The molecule has 2 aromatic rings. The molecular formula is C19H18ClNO3S. The molecule has 6 heteroatoms. The van der Waals surface area contributed by atoms with E-state index in [1.807, 2.05) is 42.7 Å². The maximum atomic E-state index is 12.7. The zero-order valence-electron chi connectivity index (χ0n) is 13.8. The number of nitrogens with one attached hydrogen (secondary N) is 1. The third kappa shape index (κ3) is 3.31. The van der Waals surface area contributed by atoms with Crippen molar-refractivity contribution in [3.05, 3.63) is 47.0 Å². The number of ether oxygens (including phenoxy) is 2. The molecule has 130 valence electrons. The second-order valence-electron chi connectivity index (χ2n) is 6.16. The topological polar surface area (TPSA) is 47.6 Å². The van der Waals surface area contributed by atoms with Gasteiger partial charge in [0.15, 0.2) is 11.5 Å². The first kappa shape index (κ1) is 16.6. The minimum Gasteiger partial charge on any atom is -0.486 e. The minimum atomic E-state index is -0.0391. The molecule has 1 amide bonds. The van der Waals surface area contributed by atoms with Crippen LogP contribution in [0.3, 0.4) is 0 Å². The molecule has 0 bridgehead atoms. The molecule has 1 aliphatic heterocycles. The number of hydrogen-bond acceptors (Lipinski definition) is 4. The molecule has 1 fully saturated rings. The summed E-state index contributed by atoms with van der Waals surface area (Å²) in [5.74, 6) is 1.59. The highest BCUT2D eigenvalue weighted by molar-refractivity contribution is 7.98. The average molecular weight is 376 g/mol. The Morgan fingerprint density at radius 1 is 1.20 bits per heavy atom. The summed E-state index contributed by atoms with van der Waals surface area (Å²) in [7, 11) is 0. The summed E-state index contributed by atoms with van der Waals surface area (Å²) in [4.78, 5) is 13.6. The number of anilines is 1. The summed E-state index contributed by atoms with van der Waals surface area (Å²) in [6, 6.07) is 11.5. The molecule has 1 heterocycles. The first-order valence-corrected chi connectivity index (χ1v) is 9.80. The van der Waals surface area contributed by atoms with Crippen molar-refractivity contribution in [1.29, 1.82) is 0 Å². The van der Waals surface area contributed by atoms with Crippen molar-refractivity contribution in [2.75, 3.05) is 24.8 Å². The smallest absolute Gasteiger partial charge is 0.228 e. The molecule has 4 nitrogen and oxygen atoms in total. The van der Waals surface area contributed by atoms with Crippen molar-refractivity contribution in [3.8, 4) is 11.5 Å². The summed E-state index contributed by atoms with van der Waals surface area (Å²) < 4.78 is 11.2. The van der Waals surface area contributed by atoms with Gasteiger partial charge in [0, 0.05) is 21.9 Å². The van der Waals surface area contributed by atoms with Gasteiger partial charge in [-0.2, -0.15) is 0 Å². The molecule has 0 aromatic heterocycles. The Kier molecular flexibility index (Phi) is 4.52. The number of rotatable bonds is 4. The Morgan fingerprint density at radius 2 is 1.92 bits per heavy atom. The molecule has 25 heavy (non-hydrogen) atoms. The fraction of sp³-hybridized carbons (Fsp3) is 0.316. The monoisotopic (exact) mass is 375 g/mol. The van der Waals surface area contributed by atoms with Crippen LogP contribution in [0.2, 0.25) is 5.02 Å². The van der Waals surface area contributed by atoms with Gasteiger partial charge < -0.3 is 14.8 Å². The van der Waals surface area contributed by atoms with E-state index >= 15 is 0 Å². The van der Waals surface area contributed by atoms with Crippen molar-refractivity contribution >= 4 is 35.0 Å². The molecule has 0 spiro atoms. The van der Waals surface area contributed by atoms with E-state index in [1.165, 1.54) is 0 Å². The number of thioether (sulfide) groups is 1. The first-order chi connectivity index (χ1) is 12.2. The normalized spacial score (nSPS) is 20.9. The van der Waals surface area contributed by atoms with Crippen LogP contribution in [0.1, 0.15) is 17.9 Å². The second kappa shape index (κ2) is 6.81. The molecule has 4 rings (SSSR count). The van der Waals surface area contributed by atoms with Crippen LogP contribution in [0.15, 0.2) is 41.3 Å². The number of hydrogen-bond donors (Lipinski definition) is 1. The van der Waals surface area contributed by atoms with Gasteiger partial charge in [0.25, 0.3) is 0 Å². The number of fused-ring (bicyclic) bond motifs is 1. The largest absolute Gasteiger partial charge is 0.486 e. The van der Waals surface area contributed by atoms with Crippen LogP contribution in [0.25, 0.3) is 0 Å². The van der Waals surface area contributed by atoms with E-state index in [9.17, 15) is 4.79 Å². The van der Waals surface area contributed by atoms with Gasteiger partial charge in [-0.25, -0.2) is 0 Å². The lowest BCUT2D eigenvalue weighted by Gasteiger charge is -2.21. The summed E-state index contributed by atoms with van der Waals surface area (Å²) >= 11 is 7.82. The Balaban J connectivity index is 1.51. The number of halogens is 1. The maximum absolute atomic E-state index is 12.7. The van der Waals surface area contributed by atoms with Crippen LogP contribution >= 0.6 is 23.4 Å². The fourth-order valence-electron chi connectivity index (χ4n) is 3.17. The van der Waals surface area contributed by atoms with E-state index in [2.05, 4.69) is 5.32 Å². The number of amides is 1. The highest BCUT2D eigenvalue weighted by atomic mass is 35.5. The maximum Gasteiger partial charge on any atom is 0.228 e. The van der Waals surface area contributed by atoms with Crippen molar-refractivity contribution in [2.45, 2.75) is 17.2 Å². The minimum absolute atomic E-state index is 0.0249. The van der Waals surface area contributed by atoms with Crippen molar-refractivity contribution in [1.82, 2.24) is 0 Å². The molecule has 2 atom stereocenters. The molecule has 2 aliphatic rings. The summed E-state index contributed by atoms with van der Waals surface area (Å²) in [5, 5.41) is 3.78. The quantitative estimate of drug-likeness (QED) is 0.795. The van der Waals surface area contributed by atoms with Crippen LogP contribution in [0.5, 0.6) is 11.5 Å². The van der Waals surface area contributed by atoms with Crippen LogP contribution in [-0.4, -0.2) is 25.4 Å². The lowest BCUT2D eigenvalue weighted by Crippen LogP contribution is -2.18. The molecule has 2 aromatic carbocycles. The average Bonchev–Trinajstić information content (AvgIpc) is 3.42. The van der Waals surface area contributed by atoms with Gasteiger partial charge in [0.1, 0.15) is 13.2 Å². The summed E-state index contributed by atoms with van der Waals surface area (Å²) in [5.41, 5.74) is 1.82. The molecule has 0 saturated heterocycles. The highest BCUT2D eigenvalue weighted by Gasteiger charge is 2.45. The summed E-state index contributed by atoms with van der Waals surface area (Å²) in [6.45, 7) is 1.07. The van der Waals surface area contributed by atoms with Crippen molar-refractivity contribution in [2.24, 2.45) is 5.92 Å². The fourth-order valence-corrected chi connectivity index (χ4v) is 4.00. The predicted molar refractivity (Wildman–Crippen MR) is 100 cm³/mol. The van der Waals surface area contributed by atoms with Crippen LogP contribution in [0.4, 0.5) is 5.69 Å². The van der Waals surface area contributed by atoms with Crippen molar-refractivity contribution < 1.29 is 14.3 Å². The second-order valence-corrected chi connectivity index (χ2v) is 7.41. The molecule has 2 unspecified atom stereocenters. The van der Waals surface area contributed by atoms with Crippen LogP contribution < -0.4 is 14.8 Å². The number of carbonyl (C=O) groups excluding carboxylic acids is 1. The Labute approximate surface area is 155 Å². The van der Waals surface area contributed by atoms with Gasteiger partial charge in [0.05, 0.1) is 5.69 Å². The van der Waals surface area contributed by atoms with Gasteiger partial charge in [-0.3, -0.25) is 4.79 Å². The van der Waals surface area contributed by atoms with E-state index in [1.54, 1.807) is 11.8 Å². The standard InChI is InChI=1S/C19H18ClNO3S/c1-25-18-10-17-16(23-6-7-24-17)9-15(18)21-19(22)13-8-12(13)11-4-2-3-5-14(11)20/h2-5,9-10,12-13H,6-8H2,1H3,(H,21,22). The van der Waals surface area contributed by atoms with E-state index in [0.29, 0.717) is 19.0 Å². The highest BCUT2D eigenvalue weighted by Crippen LogP contribution is 2.50. The molecule has 1 N–H and O–H groups in total. The lowest BCUT2D eigenvalue weighted by molar-refractivity contribution is -0.117. The molecular weight excluding hydrogens is 358 g/mol.